The first-order valence-corrected chi connectivity index (χ1v) is 12.4. The molecule has 3 aromatic rings. The van der Waals surface area contributed by atoms with Crippen molar-refractivity contribution in [3.8, 4) is 11.5 Å². The molecule has 0 aromatic heterocycles. The van der Waals surface area contributed by atoms with E-state index in [0.29, 0.717) is 52.3 Å². The monoisotopic (exact) mass is 527 g/mol. The van der Waals surface area contributed by atoms with E-state index >= 15 is 0 Å². The average molecular weight is 528 g/mol. The maximum atomic E-state index is 12.3. The van der Waals surface area contributed by atoms with Gasteiger partial charge in [-0.2, -0.15) is 0 Å². The molecule has 0 bridgehead atoms. The van der Waals surface area contributed by atoms with Crippen molar-refractivity contribution < 1.29 is 19.1 Å². The molecule has 190 valence electrons. The molecule has 0 spiro atoms. The highest BCUT2D eigenvalue weighted by molar-refractivity contribution is 6.42. The third-order valence-corrected chi connectivity index (χ3v) is 6.39. The van der Waals surface area contributed by atoms with Crippen LogP contribution in [-0.2, 0) is 23.3 Å². The largest absolute Gasteiger partial charge is 0.493 e. The zero-order valence-corrected chi connectivity index (χ0v) is 22.7. The second kappa shape index (κ2) is 12.3. The van der Waals surface area contributed by atoms with Crippen LogP contribution in [0, 0.1) is 0 Å². The lowest BCUT2D eigenvalue weighted by atomic mass is 9.87. The molecule has 3 rings (SSSR count). The van der Waals surface area contributed by atoms with Crippen molar-refractivity contribution >= 4 is 34.9 Å². The average Bonchev–Trinajstić information content (AvgIpc) is 2.86. The Labute approximate surface area is 223 Å². The van der Waals surface area contributed by atoms with E-state index < -0.39 is 5.97 Å². The van der Waals surface area contributed by atoms with E-state index in [2.05, 4.69) is 25.9 Å². The fraction of sp³-hybridized carbons (Fsp3) is 0.310. The molecule has 0 saturated heterocycles. The van der Waals surface area contributed by atoms with E-state index in [1.54, 1.807) is 31.4 Å². The first-order chi connectivity index (χ1) is 17.1. The lowest BCUT2D eigenvalue weighted by Crippen LogP contribution is -2.11. The van der Waals surface area contributed by atoms with Gasteiger partial charge >= 0.3 is 5.97 Å². The molecule has 0 saturated carbocycles. The number of oxime groups is 1. The number of hydrogen-bond acceptors (Lipinski definition) is 5. The molecule has 5 nitrogen and oxygen atoms in total. The molecule has 0 aliphatic heterocycles. The molecule has 0 fully saturated rings. The van der Waals surface area contributed by atoms with Crippen LogP contribution in [0.3, 0.4) is 0 Å². The standard InChI is InChI=1S/C29H31Cl2NO4/c1-19(32-36-28(33)22-10-12-23(13-11-22)29(2,3)4)6-7-20-9-15-26(27(17-20)34-5)35-18-21-8-14-24(30)25(31)16-21/h8-17H,6-7,18H2,1-5H3. The van der Waals surface area contributed by atoms with Gasteiger partial charge in [-0.05, 0) is 78.3 Å². The van der Waals surface area contributed by atoms with E-state index in [0.717, 1.165) is 16.7 Å². The lowest BCUT2D eigenvalue weighted by molar-refractivity contribution is 0.0515. The molecule has 7 heteroatoms. The number of hydrogen-bond donors (Lipinski definition) is 0. The summed E-state index contributed by atoms with van der Waals surface area (Å²) < 4.78 is 11.4. The number of rotatable bonds is 9. The minimum absolute atomic E-state index is 0.0230. The van der Waals surface area contributed by atoms with Crippen molar-refractivity contribution in [2.24, 2.45) is 5.16 Å². The summed E-state index contributed by atoms with van der Waals surface area (Å²) in [5, 5.41) is 5.01. The first-order valence-electron chi connectivity index (χ1n) is 11.7. The van der Waals surface area contributed by atoms with Crippen molar-refractivity contribution in [2.75, 3.05) is 7.11 Å². The Hall–Kier alpha value is -3.02. The minimum Gasteiger partial charge on any atom is -0.493 e. The van der Waals surface area contributed by atoms with E-state index in [1.165, 1.54) is 0 Å². The molecule has 3 aromatic carbocycles. The molecular formula is C29H31Cl2NO4. The van der Waals surface area contributed by atoms with Crippen molar-refractivity contribution in [2.45, 2.75) is 52.6 Å². The molecule has 0 unspecified atom stereocenters. The van der Waals surface area contributed by atoms with E-state index in [9.17, 15) is 4.79 Å². The Morgan fingerprint density at radius 2 is 1.58 bits per heavy atom. The second-order valence-corrected chi connectivity index (χ2v) is 10.4. The van der Waals surface area contributed by atoms with E-state index in [4.69, 9.17) is 37.5 Å². The molecule has 0 radical (unpaired) electrons. The van der Waals surface area contributed by atoms with Gasteiger partial charge in [-0.15, -0.1) is 0 Å². The van der Waals surface area contributed by atoms with Crippen LogP contribution >= 0.6 is 23.2 Å². The molecule has 0 N–H and O–H groups in total. The maximum absolute atomic E-state index is 12.3. The Kier molecular flexibility index (Phi) is 9.41. The number of nitrogens with zero attached hydrogens (tertiary/aromatic N) is 1. The SMILES string of the molecule is COc1cc(CCC(C)=NOC(=O)c2ccc(C(C)(C)C)cc2)ccc1OCc1ccc(Cl)c(Cl)c1. The quantitative estimate of drug-likeness (QED) is 0.160. The molecule has 0 amide bonds. The highest BCUT2D eigenvalue weighted by Gasteiger charge is 2.15. The molecule has 0 aliphatic carbocycles. The smallest absolute Gasteiger partial charge is 0.365 e. The fourth-order valence-corrected chi connectivity index (χ4v) is 3.75. The van der Waals surface area contributed by atoms with E-state index in [1.807, 2.05) is 43.3 Å². The van der Waals surface area contributed by atoms with Crippen LogP contribution in [0.25, 0.3) is 0 Å². The summed E-state index contributed by atoms with van der Waals surface area (Å²) in [6.07, 6.45) is 1.33. The van der Waals surface area contributed by atoms with Crippen molar-refractivity contribution in [3.63, 3.8) is 0 Å². The summed E-state index contributed by atoms with van der Waals surface area (Å²) in [5.41, 5.74) is 4.32. The summed E-state index contributed by atoms with van der Waals surface area (Å²) in [4.78, 5) is 17.5. The van der Waals surface area contributed by atoms with Gasteiger partial charge in [0.15, 0.2) is 11.5 Å². The number of carbonyl (C=O) groups excluding carboxylic acids is 1. The Morgan fingerprint density at radius 1 is 0.889 bits per heavy atom. The van der Waals surface area contributed by atoms with Gasteiger partial charge < -0.3 is 14.3 Å². The van der Waals surface area contributed by atoms with Crippen LogP contribution in [0.15, 0.2) is 65.8 Å². The van der Waals surface area contributed by atoms with Crippen LogP contribution < -0.4 is 9.47 Å². The predicted octanol–water partition coefficient (Wildman–Crippen LogP) is 8.04. The van der Waals surface area contributed by atoms with Gasteiger partial charge in [-0.3, -0.25) is 0 Å². The Bertz CT molecular complexity index is 1230. The van der Waals surface area contributed by atoms with Gasteiger partial charge in [0.1, 0.15) is 6.61 Å². The van der Waals surface area contributed by atoms with Crippen LogP contribution in [0.2, 0.25) is 10.0 Å². The Morgan fingerprint density at radius 3 is 2.22 bits per heavy atom. The molecular weight excluding hydrogens is 497 g/mol. The Balaban J connectivity index is 1.54. The summed E-state index contributed by atoms with van der Waals surface area (Å²) in [6, 6.07) is 18.6. The number of halogens is 2. The van der Waals surface area contributed by atoms with Crippen molar-refractivity contribution in [3.05, 3.63) is 93.0 Å². The van der Waals surface area contributed by atoms with Crippen LogP contribution in [0.1, 0.15) is 61.2 Å². The van der Waals surface area contributed by atoms with Gasteiger partial charge in [0.05, 0.1) is 28.4 Å². The van der Waals surface area contributed by atoms with Crippen molar-refractivity contribution in [1.29, 1.82) is 0 Å². The van der Waals surface area contributed by atoms with Gasteiger partial charge in [0, 0.05) is 0 Å². The predicted molar refractivity (Wildman–Crippen MR) is 146 cm³/mol. The highest BCUT2D eigenvalue weighted by Crippen LogP contribution is 2.30. The van der Waals surface area contributed by atoms with Gasteiger partial charge in [0.2, 0.25) is 0 Å². The van der Waals surface area contributed by atoms with E-state index in [-0.39, 0.29) is 5.41 Å². The van der Waals surface area contributed by atoms with Crippen molar-refractivity contribution in [1.82, 2.24) is 0 Å². The van der Waals surface area contributed by atoms with Gasteiger partial charge in [0.25, 0.3) is 0 Å². The summed E-state index contributed by atoms with van der Waals surface area (Å²) in [6.45, 7) is 8.55. The third kappa shape index (κ3) is 7.74. The normalized spacial score (nSPS) is 11.8. The maximum Gasteiger partial charge on any atom is 0.365 e. The second-order valence-electron chi connectivity index (χ2n) is 9.56. The van der Waals surface area contributed by atoms with Gasteiger partial charge in [-0.1, -0.05) is 73.4 Å². The van der Waals surface area contributed by atoms with Crippen LogP contribution in [-0.4, -0.2) is 18.8 Å². The number of ether oxygens (including phenoxy) is 2. The van der Waals surface area contributed by atoms with Crippen LogP contribution in [0.4, 0.5) is 0 Å². The van der Waals surface area contributed by atoms with Crippen LogP contribution in [0.5, 0.6) is 11.5 Å². The molecule has 36 heavy (non-hydrogen) atoms. The summed E-state index contributed by atoms with van der Waals surface area (Å²) in [5.74, 6) is 0.788. The number of methoxy groups -OCH3 is 1. The topological polar surface area (TPSA) is 57.1 Å². The number of benzene rings is 3. The zero-order chi connectivity index (χ0) is 26.3. The van der Waals surface area contributed by atoms with Gasteiger partial charge in [-0.25, -0.2) is 4.79 Å². The number of carbonyl (C=O) groups is 1. The third-order valence-electron chi connectivity index (χ3n) is 5.65. The fourth-order valence-electron chi connectivity index (χ4n) is 3.43. The molecule has 0 atom stereocenters. The molecule has 0 aliphatic rings. The summed E-state index contributed by atoms with van der Waals surface area (Å²) >= 11 is 12.0. The first kappa shape index (κ1) is 27.6. The highest BCUT2D eigenvalue weighted by atomic mass is 35.5. The molecule has 0 heterocycles. The zero-order valence-electron chi connectivity index (χ0n) is 21.2. The lowest BCUT2D eigenvalue weighted by Gasteiger charge is -2.18. The number of aryl methyl sites for hydroxylation is 1. The minimum atomic E-state index is -0.472. The summed E-state index contributed by atoms with van der Waals surface area (Å²) in [7, 11) is 1.60.